The average molecular weight is 331 g/mol. The Balaban J connectivity index is 1.98. The minimum absolute atomic E-state index is 0.0920. The number of phenolic OH excluding ortho intramolecular Hbond substituents is 1. The number of alkyl halides is 3. The quantitative estimate of drug-likeness (QED) is 0.707. The molecule has 3 aromatic carbocycles. The zero-order valence-corrected chi connectivity index (χ0v) is 12.3. The predicted molar refractivity (Wildman–Crippen MR) is 85.0 cm³/mol. The molecule has 3 aromatic rings. The molecule has 0 spiro atoms. The Kier molecular flexibility index (Phi) is 3.89. The van der Waals surface area contributed by atoms with Gasteiger partial charge in [0.1, 0.15) is 5.75 Å². The molecule has 122 valence electrons. The molecule has 1 amide bonds. The molecule has 0 saturated heterocycles. The van der Waals surface area contributed by atoms with Crippen molar-refractivity contribution in [2.75, 3.05) is 5.32 Å². The summed E-state index contributed by atoms with van der Waals surface area (Å²) < 4.78 is 39.0. The normalized spacial score (nSPS) is 11.5. The van der Waals surface area contributed by atoms with Crippen molar-refractivity contribution in [3.8, 4) is 5.75 Å². The van der Waals surface area contributed by atoms with E-state index in [1.54, 1.807) is 24.3 Å². The maximum Gasteiger partial charge on any atom is 0.418 e. The minimum atomic E-state index is -4.59. The number of para-hydroxylation sites is 1. The first-order valence-corrected chi connectivity index (χ1v) is 7.05. The van der Waals surface area contributed by atoms with Crippen LogP contribution in [0.5, 0.6) is 5.75 Å². The lowest BCUT2D eigenvalue weighted by molar-refractivity contribution is -0.136. The third-order valence-electron chi connectivity index (χ3n) is 3.59. The molecule has 0 heterocycles. The van der Waals surface area contributed by atoms with E-state index < -0.39 is 17.6 Å². The summed E-state index contributed by atoms with van der Waals surface area (Å²) >= 11 is 0. The van der Waals surface area contributed by atoms with Crippen LogP contribution in [0.4, 0.5) is 18.9 Å². The number of fused-ring (bicyclic) bond motifs is 1. The van der Waals surface area contributed by atoms with Gasteiger partial charge in [0.15, 0.2) is 0 Å². The molecular formula is C18H12F3NO2. The van der Waals surface area contributed by atoms with E-state index >= 15 is 0 Å². The van der Waals surface area contributed by atoms with Crippen molar-refractivity contribution in [3.05, 3.63) is 71.8 Å². The van der Waals surface area contributed by atoms with Crippen LogP contribution in [0, 0.1) is 0 Å². The summed E-state index contributed by atoms with van der Waals surface area (Å²) in [4.78, 5) is 12.3. The highest BCUT2D eigenvalue weighted by Crippen LogP contribution is 2.35. The van der Waals surface area contributed by atoms with E-state index in [9.17, 15) is 23.1 Å². The molecule has 0 aliphatic heterocycles. The molecule has 0 bridgehead atoms. The Labute approximate surface area is 135 Å². The van der Waals surface area contributed by atoms with Crippen molar-refractivity contribution in [2.45, 2.75) is 6.18 Å². The number of rotatable bonds is 2. The lowest BCUT2D eigenvalue weighted by Gasteiger charge is -2.14. The average Bonchev–Trinajstić information content (AvgIpc) is 2.53. The topological polar surface area (TPSA) is 49.3 Å². The maximum absolute atomic E-state index is 13.0. The number of hydrogen-bond acceptors (Lipinski definition) is 2. The number of hydrogen-bond donors (Lipinski definition) is 2. The Hall–Kier alpha value is -3.02. The van der Waals surface area contributed by atoms with Crippen molar-refractivity contribution in [1.82, 2.24) is 0 Å². The number of aromatic hydroxyl groups is 1. The molecule has 0 aromatic heterocycles. The van der Waals surface area contributed by atoms with Crippen LogP contribution >= 0.6 is 0 Å². The molecule has 24 heavy (non-hydrogen) atoms. The van der Waals surface area contributed by atoms with Gasteiger partial charge in [0.25, 0.3) is 5.91 Å². The van der Waals surface area contributed by atoms with Gasteiger partial charge in [-0.25, -0.2) is 0 Å². The number of benzene rings is 3. The van der Waals surface area contributed by atoms with E-state index in [1.165, 1.54) is 30.3 Å². The molecule has 3 nitrogen and oxygen atoms in total. The summed E-state index contributed by atoms with van der Waals surface area (Å²) in [6.07, 6.45) is -4.59. The van der Waals surface area contributed by atoms with Gasteiger partial charge in [-0.1, -0.05) is 36.4 Å². The molecule has 6 heteroatoms. The lowest BCUT2D eigenvalue weighted by Crippen LogP contribution is -2.16. The van der Waals surface area contributed by atoms with Crippen LogP contribution in [-0.4, -0.2) is 11.0 Å². The standard InChI is InChI=1S/C18H12F3NO2/c19-18(20,21)14-7-3-4-8-15(14)22-17(24)13-9-11-5-1-2-6-12(11)10-16(13)23/h1-10,23H,(H,22,24). The van der Waals surface area contributed by atoms with Gasteiger partial charge in [-0.05, 0) is 35.0 Å². The van der Waals surface area contributed by atoms with Gasteiger partial charge in [-0.3, -0.25) is 4.79 Å². The summed E-state index contributed by atoms with van der Waals surface area (Å²) in [5.74, 6) is -1.11. The number of phenols is 1. The highest BCUT2D eigenvalue weighted by atomic mass is 19.4. The van der Waals surface area contributed by atoms with Gasteiger partial charge in [-0.15, -0.1) is 0 Å². The fourth-order valence-corrected chi connectivity index (χ4v) is 2.44. The Morgan fingerprint density at radius 2 is 1.50 bits per heavy atom. The molecule has 2 N–H and O–H groups in total. The van der Waals surface area contributed by atoms with Crippen molar-refractivity contribution in [3.63, 3.8) is 0 Å². The van der Waals surface area contributed by atoms with Gasteiger partial charge in [0.2, 0.25) is 0 Å². The second kappa shape index (κ2) is 5.88. The zero-order chi connectivity index (χ0) is 17.3. The third-order valence-corrected chi connectivity index (χ3v) is 3.59. The molecular weight excluding hydrogens is 319 g/mol. The molecule has 0 fully saturated rings. The molecule has 0 radical (unpaired) electrons. The Bertz CT molecular complexity index is 920. The number of halogens is 3. The summed E-state index contributed by atoms with van der Waals surface area (Å²) in [5, 5.41) is 13.6. The summed E-state index contributed by atoms with van der Waals surface area (Å²) in [5.41, 5.74) is -1.40. The number of amides is 1. The van der Waals surface area contributed by atoms with Gasteiger partial charge in [-0.2, -0.15) is 13.2 Å². The molecule has 0 aliphatic carbocycles. The molecule has 0 aliphatic rings. The van der Waals surface area contributed by atoms with Gasteiger partial charge >= 0.3 is 6.18 Å². The van der Waals surface area contributed by atoms with Crippen LogP contribution in [0.1, 0.15) is 15.9 Å². The van der Waals surface area contributed by atoms with E-state index in [2.05, 4.69) is 5.32 Å². The number of anilines is 1. The first-order chi connectivity index (χ1) is 11.4. The van der Waals surface area contributed by atoms with Crippen LogP contribution in [0.15, 0.2) is 60.7 Å². The first-order valence-electron chi connectivity index (χ1n) is 7.05. The van der Waals surface area contributed by atoms with Crippen LogP contribution in [0.2, 0.25) is 0 Å². The molecule has 3 rings (SSSR count). The summed E-state index contributed by atoms with van der Waals surface area (Å²) in [6.45, 7) is 0. The van der Waals surface area contributed by atoms with Crippen LogP contribution in [-0.2, 0) is 6.18 Å². The van der Waals surface area contributed by atoms with Crippen molar-refractivity contribution in [2.24, 2.45) is 0 Å². The molecule has 0 unspecified atom stereocenters. The Morgan fingerprint density at radius 1 is 0.917 bits per heavy atom. The minimum Gasteiger partial charge on any atom is -0.507 e. The first kappa shape index (κ1) is 15.9. The molecule has 0 atom stereocenters. The van der Waals surface area contributed by atoms with E-state index in [0.717, 1.165) is 11.5 Å². The summed E-state index contributed by atoms with van der Waals surface area (Å²) in [6, 6.07) is 14.6. The van der Waals surface area contributed by atoms with Gasteiger partial charge < -0.3 is 10.4 Å². The number of carbonyl (C=O) groups is 1. The fourth-order valence-electron chi connectivity index (χ4n) is 2.44. The highest BCUT2D eigenvalue weighted by molar-refractivity contribution is 6.08. The van der Waals surface area contributed by atoms with Crippen LogP contribution in [0.25, 0.3) is 10.8 Å². The van der Waals surface area contributed by atoms with E-state index in [4.69, 9.17) is 0 Å². The Morgan fingerprint density at radius 3 is 2.17 bits per heavy atom. The van der Waals surface area contributed by atoms with Gasteiger partial charge in [0.05, 0.1) is 16.8 Å². The number of nitrogens with one attached hydrogen (secondary N) is 1. The van der Waals surface area contributed by atoms with Gasteiger partial charge in [0, 0.05) is 0 Å². The second-order valence-corrected chi connectivity index (χ2v) is 5.21. The van der Waals surface area contributed by atoms with E-state index in [0.29, 0.717) is 5.39 Å². The SMILES string of the molecule is O=C(Nc1ccccc1C(F)(F)F)c1cc2ccccc2cc1O. The maximum atomic E-state index is 13.0. The van der Waals surface area contributed by atoms with E-state index in [-0.39, 0.29) is 17.0 Å². The predicted octanol–water partition coefficient (Wildman–Crippen LogP) is 4.82. The van der Waals surface area contributed by atoms with Crippen molar-refractivity contribution >= 4 is 22.4 Å². The lowest BCUT2D eigenvalue weighted by atomic mass is 10.0. The van der Waals surface area contributed by atoms with Crippen molar-refractivity contribution < 1.29 is 23.1 Å². The monoisotopic (exact) mass is 331 g/mol. The zero-order valence-electron chi connectivity index (χ0n) is 12.3. The van der Waals surface area contributed by atoms with Crippen molar-refractivity contribution in [1.29, 1.82) is 0 Å². The fraction of sp³-hybridized carbons (Fsp3) is 0.0556. The smallest absolute Gasteiger partial charge is 0.418 e. The largest absolute Gasteiger partial charge is 0.507 e. The third kappa shape index (κ3) is 3.03. The van der Waals surface area contributed by atoms with E-state index in [1.807, 2.05) is 0 Å². The van der Waals surface area contributed by atoms with Crippen LogP contribution in [0.3, 0.4) is 0 Å². The molecule has 0 saturated carbocycles. The highest BCUT2D eigenvalue weighted by Gasteiger charge is 2.33. The summed E-state index contributed by atoms with van der Waals surface area (Å²) in [7, 11) is 0. The number of carbonyl (C=O) groups excluding carboxylic acids is 1. The van der Waals surface area contributed by atoms with Crippen LogP contribution < -0.4 is 5.32 Å². The second-order valence-electron chi connectivity index (χ2n) is 5.21.